The van der Waals surface area contributed by atoms with Gasteiger partial charge in [-0.15, -0.1) is 0 Å². The van der Waals surface area contributed by atoms with Crippen molar-refractivity contribution in [3.8, 4) is 0 Å². The van der Waals surface area contributed by atoms with Gasteiger partial charge in [-0.2, -0.15) is 0 Å². The third-order valence-corrected chi connectivity index (χ3v) is 3.05. The monoisotopic (exact) mass is 284 g/mol. The molecule has 0 aromatic heterocycles. The SMILES string of the molecule is Cc1ccc(NC(=S)NC(=O)c2ccc(C)cc2)cc1. The van der Waals surface area contributed by atoms with E-state index in [0.717, 1.165) is 11.3 Å². The van der Waals surface area contributed by atoms with Gasteiger partial charge in [-0.1, -0.05) is 35.4 Å². The molecule has 2 aromatic carbocycles. The number of carbonyl (C=O) groups excluding carboxylic acids is 1. The van der Waals surface area contributed by atoms with E-state index in [2.05, 4.69) is 10.6 Å². The maximum Gasteiger partial charge on any atom is 0.257 e. The average molecular weight is 284 g/mol. The Hall–Kier alpha value is -2.20. The summed E-state index contributed by atoms with van der Waals surface area (Å²) in [6.07, 6.45) is 0. The zero-order valence-corrected chi connectivity index (χ0v) is 12.3. The predicted octanol–water partition coefficient (Wildman–Crippen LogP) is 3.43. The molecule has 0 saturated heterocycles. The standard InChI is InChI=1S/C16H16N2OS/c1-11-3-7-13(8-4-11)15(19)18-16(20)17-14-9-5-12(2)6-10-14/h3-10H,1-2H3,(H2,17,18,19,20). The summed E-state index contributed by atoms with van der Waals surface area (Å²) >= 11 is 5.13. The van der Waals surface area contributed by atoms with Gasteiger partial charge in [0.2, 0.25) is 0 Å². The number of aryl methyl sites for hydroxylation is 2. The molecule has 0 atom stereocenters. The van der Waals surface area contributed by atoms with Crippen molar-refractivity contribution in [1.29, 1.82) is 0 Å². The van der Waals surface area contributed by atoms with Gasteiger partial charge in [0.05, 0.1) is 0 Å². The summed E-state index contributed by atoms with van der Waals surface area (Å²) in [6.45, 7) is 3.99. The topological polar surface area (TPSA) is 41.1 Å². The molecule has 102 valence electrons. The van der Waals surface area contributed by atoms with Crippen LogP contribution in [0.2, 0.25) is 0 Å². The number of anilines is 1. The van der Waals surface area contributed by atoms with Crippen LogP contribution in [0.15, 0.2) is 48.5 Å². The number of hydrogen-bond donors (Lipinski definition) is 2. The number of nitrogens with one attached hydrogen (secondary N) is 2. The Labute approximate surface area is 124 Å². The van der Waals surface area contributed by atoms with E-state index in [-0.39, 0.29) is 5.91 Å². The normalized spacial score (nSPS) is 9.90. The molecule has 0 fully saturated rings. The van der Waals surface area contributed by atoms with E-state index in [1.54, 1.807) is 12.1 Å². The molecular formula is C16H16N2OS. The molecule has 0 saturated carbocycles. The van der Waals surface area contributed by atoms with Crippen molar-refractivity contribution < 1.29 is 4.79 Å². The van der Waals surface area contributed by atoms with Gasteiger partial charge in [0, 0.05) is 11.3 Å². The first-order valence-electron chi connectivity index (χ1n) is 6.30. The van der Waals surface area contributed by atoms with E-state index in [1.165, 1.54) is 5.56 Å². The van der Waals surface area contributed by atoms with E-state index >= 15 is 0 Å². The van der Waals surface area contributed by atoms with Crippen molar-refractivity contribution in [3.05, 3.63) is 65.2 Å². The van der Waals surface area contributed by atoms with Crippen LogP contribution >= 0.6 is 12.2 Å². The summed E-state index contributed by atoms with van der Waals surface area (Å²) in [5, 5.41) is 5.93. The van der Waals surface area contributed by atoms with Crippen LogP contribution in [0, 0.1) is 13.8 Å². The lowest BCUT2D eigenvalue weighted by atomic mass is 10.1. The molecule has 0 aliphatic heterocycles. The highest BCUT2D eigenvalue weighted by Gasteiger charge is 2.07. The van der Waals surface area contributed by atoms with Gasteiger partial charge >= 0.3 is 0 Å². The number of carbonyl (C=O) groups is 1. The van der Waals surface area contributed by atoms with Crippen molar-refractivity contribution >= 4 is 28.9 Å². The minimum Gasteiger partial charge on any atom is -0.332 e. The molecule has 2 rings (SSSR count). The van der Waals surface area contributed by atoms with Gasteiger partial charge in [-0.05, 0) is 50.3 Å². The zero-order chi connectivity index (χ0) is 14.5. The van der Waals surface area contributed by atoms with Gasteiger partial charge in [0.1, 0.15) is 0 Å². The van der Waals surface area contributed by atoms with E-state index < -0.39 is 0 Å². The number of rotatable bonds is 2. The van der Waals surface area contributed by atoms with E-state index in [9.17, 15) is 4.79 Å². The van der Waals surface area contributed by atoms with Crippen LogP contribution in [0.4, 0.5) is 5.69 Å². The lowest BCUT2D eigenvalue weighted by molar-refractivity contribution is 0.0978. The third kappa shape index (κ3) is 3.90. The first-order valence-corrected chi connectivity index (χ1v) is 6.71. The molecule has 0 spiro atoms. The van der Waals surface area contributed by atoms with Crippen molar-refractivity contribution in [2.75, 3.05) is 5.32 Å². The second-order valence-corrected chi connectivity index (χ2v) is 5.05. The Kier molecular flexibility index (Phi) is 4.48. The Bertz CT molecular complexity index is 618. The minimum absolute atomic E-state index is 0.213. The molecule has 2 aromatic rings. The molecule has 4 heteroatoms. The second kappa shape index (κ2) is 6.30. The third-order valence-electron chi connectivity index (χ3n) is 2.85. The number of thiocarbonyl (C=S) groups is 1. The van der Waals surface area contributed by atoms with Crippen LogP contribution in [-0.4, -0.2) is 11.0 Å². The van der Waals surface area contributed by atoms with Crippen LogP contribution < -0.4 is 10.6 Å². The Morgan fingerprint density at radius 1 is 0.900 bits per heavy atom. The Morgan fingerprint density at radius 2 is 1.40 bits per heavy atom. The number of hydrogen-bond acceptors (Lipinski definition) is 2. The Balaban J connectivity index is 1.95. The molecule has 0 radical (unpaired) electrons. The van der Waals surface area contributed by atoms with Gasteiger partial charge < -0.3 is 5.32 Å². The summed E-state index contributed by atoms with van der Waals surface area (Å²) in [5.74, 6) is -0.213. The number of benzene rings is 2. The molecule has 0 aliphatic rings. The fourth-order valence-electron chi connectivity index (χ4n) is 1.68. The summed E-state index contributed by atoms with van der Waals surface area (Å²) in [6, 6.07) is 15.1. The highest BCUT2D eigenvalue weighted by Crippen LogP contribution is 2.08. The molecule has 1 amide bonds. The first kappa shape index (κ1) is 14.2. The molecule has 0 heterocycles. The molecule has 0 unspecified atom stereocenters. The van der Waals surface area contributed by atoms with Crippen molar-refractivity contribution in [1.82, 2.24) is 5.32 Å². The largest absolute Gasteiger partial charge is 0.332 e. The summed E-state index contributed by atoms with van der Waals surface area (Å²) < 4.78 is 0. The molecule has 0 aliphatic carbocycles. The van der Waals surface area contributed by atoms with Crippen molar-refractivity contribution in [2.24, 2.45) is 0 Å². The zero-order valence-electron chi connectivity index (χ0n) is 11.4. The first-order chi connectivity index (χ1) is 9.54. The quantitative estimate of drug-likeness (QED) is 0.830. The van der Waals surface area contributed by atoms with Crippen LogP contribution in [-0.2, 0) is 0 Å². The smallest absolute Gasteiger partial charge is 0.257 e. The average Bonchev–Trinajstić information content (AvgIpc) is 2.42. The molecule has 2 N–H and O–H groups in total. The lowest BCUT2D eigenvalue weighted by Crippen LogP contribution is -2.34. The maximum atomic E-state index is 12.0. The van der Waals surface area contributed by atoms with Gasteiger partial charge in [-0.3, -0.25) is 10.1 Å². The summed E-state index contributed by atoms with van der Waals surface area (Å²) in [4.78, 5) is 12.0. The van der Waals surface area contributed by atoms with Crippen LogP contribution in [0.25, 0.3) is 0 Å². The molecule has 0 bridgehead atoms. The van der Waals surface area contributed by atoms with Gasteiger partial charge in [0.15, 0.2) is 5.11 Å². The fraction of sp³-hybridized carbons (Fsp3) is 0.125. The predicted molar refractivity (Wildman–Crippen MR) is 86.0 cm³/mol. The highest BCUT2D eigenvalue weighted by atomic mass is 32.1. The van der Waals surface area contributed by atoms with Gasteiger partial charge in [0.25, 0.3) is 5.91 Å². The second-order valence-electron chi connectivity index (χ2n) is 4.64. The minimum atomic E-state index is -0.213. The maximum absolute atomic E-state index is 12.0. The van der Waals surface area contributed by atoms with Crippen molar-refractivity contribution in [2.45, 2.75) is 13.8 Å². The molecule has 20 heavy (non-hydrogen) atoms. The summed E-state index contributed by atoms with van der Waals surface area (Å²) in [7, 11) is 0. The van der Waals surface area contributed by atoms with Crippen LogP contribution in [0.3, 0.4) is 0 Å². The molecular weight excluding hydrogens is 268 g/mol. The lowest BCUT2D eigenvalue weighted by Gasteiger charge is -2.10. The van der Waals surface area contributed by atoms with E-state index in [4.69, 9.17) is 12.2 Å². The Morgan fingerprint density at radius 3 is 1.95 bits per heavy atom. The highest BCUT2D eigenvalue weighted by molar-refractivity contribution is 7.80. The van der Waals surface area contributed by atoms with Gasteiger partial charge in [-0.25, -0.2) is 0 Å². The van der Waals surface area contributed by atoms with Crippen LogP contribution in [0.1, 0.15) is 21.5 Å². The summed E-state index contributed by atoms with van der Waals surface area (Å²) in [5.41, 5.74) is 3.72. The van der Waals surface area contributed by atoms with E-state index in [1.807, 2.05) is 50.2 Å². The van der Waals surface area contributed by atoms with Crippen molar-refractivity contribution in [3.63, 3.8) is 0 Å². The number of amides is 1. The molecule has 3 nitrogen and oxygen atoms in total. The van der Waals surface area contributed by atoms with Crippen LogP contribution in [0.5, 0.6) is 0 Å². The fourth-order valence-corrected chi connectivity index (χ4v) is 1.89. The van der Waals surface area contributed by atoms with E-state index in [0.29, 0.717) is 10.7 Å².